The van der Waals surface area contributed by atoms with Crippen LogP contribution in [-0.4, -0.2) is 17.8 Å². The largest absolute Gasteiger partial charge is 0.391 e. The van der Waals surface area contributed by atoms with E-state index in [1.54, 1.807) is 0 Å². The van der Waals surface area contributed by atoms with E-state index >= 15 is 0 Å². The van der Waals surface area contributed by atoms with Crippen LogP contribution in [0.25, 0.3) is 0 Å². The lowest BCUT2D eigenvalue weighted by molar-refractivity contribution is 0.0349. The van der Waals surface area contributed by atoms with E-state index in [1.807, 2.05) is 6.92 Å². The molecule has 0 saturated heterocycles. The van der Waals surface area contributed by atoms with Gasteiger partial charge in [-0.3, -0.25) is 0 Å². The SMILES string of the molecule is CCC(O)CON.Cl. The van der Waals surface area contributed by atoms with E-state index in [-0.39, 0.29) is 19.0 Å². The predicted molar refractivity (Wildman–Crippen MR) is 33.7 cm³/mol. The smallest absolute Gasteiger partial charge is 0.0938 e. The summed E-state index contributed by atoms with van der Waals surface area (Å²) in [4.78, 5) is 4.14. The Kier molecular flexibility index (Phi) is 9.89. The fraction of sp³-hybridized carbons (Fsp3) is 1.00. The summed E-state index contributed by atoms with van der Waals surface area (Å²) >= 11 is 0. The third-order valence-corrected chi connectivity index (χ3v) is 0.760. The summed E-state index contributed by atoms with van der Waals surface area (Å²) < 4.78 is 0. The van der Waals surface area contributed by atoms with E-state index in [0.717, 1.165) is 0 Å². The molecule has 0 spiro atoms. The van der Waals surface area contributed by atoms with Crippen LogP contribution < -0.4 is 5.90 Å². The number of aliphatic hydroxyl groups excluding tert-OH is 1. The molecular weight excluding hydrogens is 130 g/mol. The van der Waals surface area contributed by atoms with E-state index < -0.39 is 6.10 Å². The maximum absolute atomic E-state index is 8.65. The molecule has 0 saturated carbocycles. The number of halogens is 1. The zero-order valence-corrected chi connectivity index (χ0v) is 5.65. The van der Waals surface area contributed by atoms with Crippen LogP contribution in [0.5, 0.6) is 0 Å². The first kappa shape index (κ1) is 11.0. The summed E-state index contributed by atoms with van der Waals surface area (Å²) in [7, 11) is 0. The van der Waals surface area contributed by atoms with Crippen molar-refractivity contribution in [1.29, 1.82) is 0 Å². The minimum absolute atomic E-state index is 0. The average Bonchev–Trinajstić information content (AvgIpc) is 1.68. The van der Waals surface area contributed by atoms with Crippen LogP contribution in [-0.2, 0) is 4.84 Å². The molecule has 0 heterocycles. The first-order valence-electron chi connectivity index (χ1n) is 2.31. The monoisotopic (exact) mass is 141 g/mol. The Labute approximate surface area is 55.2 Å². The summed E-state index contributed by atoms with van der Waals surface area (Å²) in [6, 6.07) is 0. The summed E-state index contributed by atoms with van der Waals surface area (Å²) in [5.74, 6) is 4.64. The Morgan fingerprint density at radius 2 is 2.25 bits per heavy atom. The highest BCUT2D eigenvalue weighted by molar-refractivity contribution is 5.85. The van der Waals surface area contributed by atoms with Gasteiger partial charge in [-0.25, -0.2) is 5.90 Å². The molecule has 0 aliphatic rings. The lowest BCUT2D eigenvalue weighted by atomic mass is 10.3. The quantitative estimate of drug-likeness (QED) is 0.547. The molecule has 4 heteroatoms. The van der Waals surface area contributed by atoms with Gasteiger partial charge in [-0.1, -0.05) is 6.92 Å². The highest BCUT2D eigenvalue weighted by atomic mass is 35.5. The number of rotatable bonds is 3. The molecule has 0 amide bonds. The van der Waals surface area contributed by atoms with Gasteiger partial charge in [0, 0.05) is 0 Å². The van der Waals surface area contributed by atoms with Crippen LogP contribution in [0.3, 0.4) is 0 Å². The molecule has 0 fully saturated rings. The van der Waals surface area contributed by atoms with Crippen LogP contribution in [0, 0.1) is 0 Å². The van der Waals surface area contributed by atoms with Gasteiger partial charge < -0.3 is 9.94 Å². The summed E-state index contributed by atoms with van der Waals surface area (Å²) in [6.07, 6.45) is 0.294. The second-order valence-corrected chi connectivity index (χ2v) is 1.40. The van der Waals surface area contributed by atoms with Crippen molar-refractivity contribution in [3.63, 3.8) is 0 Å². The minimum atomic E-state index is -0.398. The molecular formula is C4H12ClNO2. The molecule has 1 atom stereocenters. The standard InChI is InChI=1S/C4H11NO2.ClH/c1-2-4(6)3-7-5;/h4,6H,2-3,5H2,1H3;1H. The summed E-state index contributed by atoms with van der Waals surface area (Å²) in [5.41, 5.74) is 0. The molecule has 0 rings (SSSR count). The Morgan fingerprint density at radius 3 is 2.38 bits per heavy atom. The molecule has 52 valence electrons. The van der Waals surface area contributed by atoms with Gasteiger partial charge in [0.25, 0.3) is 0 Å². The first-order valence-corrected chi connectivity index (χ1v) is 2.31. The second kappa shape index (κ2) is 7.17. The number of hydrogen-bond acceptors (Lipinski definition) is 3. The van der Waals surface area contributed by atoms with E-state index in [9.17, 15) is 0 Å². The molecule has 0 bridgehead atoms. The van der Waals surface area contributed by atoms with Crippen LogP contribution in [0.2, 0.25) is 0 Å². The number of hydrogen-bond donors (Lipinski definition) is 2. The van der Waals surface area contributed by atoms with Crippen LogP contribution in [0.4, 0.5) is 0 Å². The maximum atomic E-state index is 8.65. The van der Waals surface area contributed by atoms with Gasteiger partial charge >= 0.3 is 0 Å². The average molecular weight is 142 g/mol. The first-order chi connectivity index (χ1) is 3.31. The topological polar surface area (TPSA) is 55.5 Å². The predicted octanol–water partition coefficient (Wildman–Crippen LogP) is 0.0694. The summed E-state index contributed by atoms with van der Waals surface area (Å²) in [6.45, 7) is 2.10. The van der Waals surface area contributed by atoms with E-state index in [1.165, 1.54) is 0 Å². The van der Waals surface area contributed by atoms with Crippen molar-refractivity contribution in [2.24, 2.45) is 5.90 Å². The molecule has 0 aliphatic heterocycles. The molecule has 0 radical (unpaired) electrons. The van der Waals surface area contributed by atoms with Crippen LogP contribution in [0.1, 0.15) is 13.3 Å². The molecule has 0 aromatic rings. The van der Waals surface area contributed by atoms with Crippen molar-refractivity contribution in [3.05, 3.63) is 0 Å². The minimum Gasteiger partial charge on any atom is -0.391 e. The lowest BCUT2D eigenvalue weighted by Gasteiger charge is -2.01. The Morgan fingerprint density at radius 1 is 1.75 bits per heavy atom. The van der Waals surface area contributed by atoms with Gasteiger partial charge in [-0.05, 0) is 6.42 Å². The normalized spacial score (nSPS) is 12.4. The van der Waals surface area contributed by atoms with E-state index in [4.69, 9.17) is 5.11 Å². The Balaban J connectivity index is 0. The second-order valence-electron chi connectivity index (χ2n) is 1.40. The third kappa shape index (κ3) is 6.17. The van der Waals surface area contributed by atoms with E-state index in [2.05, 4.69) is 10.7 Å². The third-order valence-electron chi connectivity index (χ3n) is 0.760. The van der Waals surface area contributed by atoms with Crippen molar-refractivity contribution < 1.29 is 9.94 Å². The van der Waals surface area contributed by atoms with E-state index in [0.29, 0.717) is 6.42 Å². The number of aliphatic hydroxyl groups is 1. The van der Waals surface area contributed by atoms with Crippen molar-refractivity contribution in [2.45, 2.75) is 19.4 Å². The number of nitrogens with two attached hydrogens (primary N) is 1. The van der Waals surface area contributed by atoms with Gasteiger partial charge in [0.15, 0.2) is 0 Å². The fourth-order valence-corrected chi connectivity index (χ4v) is 0.229. The molecule has 0 aromatic carbocycles. The van der Waals surface area contributed by atoms with Crippen LogP contribution in [0.15, 0.2) is 0 Å². The molecule has 0 aliphatic carbocycles. The van der Waals surface area contributed by atoms with Gasteiger partial charge in [0.1, 0.15) is 0 Å². The van der Waals surface area contributed by atoms with Crippen LogP contribution >= 0.6 is 12.4 Å². The van der Waals surface area contributed by atoms with Gasteiger partial charge in [0.05, 0.1) is 12.7 Å². The zero-order valence-electron chi connectivity index (χ0n) is 4.83. The highest BCUT2D eigenvalue weighted by Gasteiger charge is 1.95. The van der Waals surface area contributed by atoms with Gasteiger partial charge in [-0.15, -0.1) is 12.4 Å². The fourth-order valence-electron chi connectivity index (χ4n) is 0.229. The molecule has 0 aromatic heterocycles. The van der Waals surface area contributed by atoms with Gasteiger partial charge in [-0.2, -0.15) is 0 Å². The van der Waals surface area contributed by atoms with Crippen molar-refractivity contribution in [1.82, 2.24) is 0 Å². The summed E-state index contributed by atoms with van der Waals surface area (Å²) in [5, 5.41) is 8.65. The molecule has 8 heavy (non-hydrogen) atoms. The molecule has 3 N–H and O–H groups in total. The zero-order chi connectivity index (χ0) is 5.70. The lowest BCUT2D eigenvalue weighted by Crippen LogP contribution is -2.16. The van der Waals surface area contributed by atoms with Crippen molar-refractivity contribution >= 4 is 12.4 Å². The maximum Gasteiger partial charge on any atom is 0.0938 e. The molecule has 1 unspecified atom stereocenters. The highest BCUT2D eigenvalue weighted by Crippen LogP contribution is 1.86. The molecule has 3 nitrogen and oxygen atoms in total. The van der Waals surface area contributed by atoms with Gasteiger partial charge in [0.2, 0.25) is 0 Å². The Hall–Kier alpha value is 0.170. The van der Waals surface area contributed by atoms with Crippen molar-refractivity contribution in [2.75, 3.05) is 6.61 Å². The Bertz CT molecular complexity index is 45.0. The van der Waals surface area contributed by atoms with Crippen molar-refractivity contribution in [3.8, 4) is 0 Å².